The van der Waals surface area contributed by atoms with Crippen molar-refractivity contribution >= 4 is 0 Å². The average molecular weight is 182 g/mol. The van der Waals surface area contributed by atoms with E-state index in [9.17, 15) is 0 Å². The molecule has 1 N–H and O–H groups in total. The van der Waals surface area contributed by atoms with Gasteiger partial charge in [-0.2, -0.15) is 0 Å². The first-order valence-electron chi connectivity index (χ1n) is 5.74. The normalized spacial score (nSPS) is 33.2. The fraction of sp³-hybridized carbons (Fsp3) is 1.00. The van der Waals surface area contributed by atoms with E-state index in [4.69, 9.17) is 0 Å². The van der Waals surface area contributed by atoms with Crippen molar-refractivity contribution in [3.8, 4) is 0 Å². The Kier molecular flexibility index (Phi) is 2.89. The Bertz CT molecular complexity index is 165. The minimum absolute atomic E-state index is 0.738. The van der Waals surface area contributed by atoms with Gasteiger partial charge in [-0.05, 0) is 26.2 Å². The molecule has 76 valence electrons. The van der Waals surface area contributed by atoms with Crippen LogP contribution < -0.4 is 5.32 Å². The van der Waals surface area contributed by atoms with Crippen molar-refractivity contribution in [2.75, 3.05) is 19.6 Å². The van der Waals surface area contributed by atoms with Crippen LogP contribution in [0.25, 0.3) is 0 Å². The summed E-state index contributed by atoms with van der Waals surface area (Å²) in [6, 6.07) is 1.55. The molecule has 2 fully saturated rings. The molecule has 13 heavy (non-hydrogen) atoms. The molecule has 0 aromatic rings. The zero-order valence-electron chi connectivity index (χ0n) is 8.92. The predicted molar refractivity (Wildman–Crippen MR) is 55.8 cm³/mol. The molecular formula is C11H22N2. The number of nitrogens with one attached hydrogen (secondary N) is 1. The van der Waals surface area contributed by atoms with E-state index in [1.54, 1.807) is 0 Å². The lowest BCUT2D eigenvalue weighted by Crippen LogP contribution is -2.53. The molecule has 0 aromatic heterocycles. The number of piperazine rings is 1. The first-order valence-corrected chi connectivity index (χ1v) is 5.74. The van der Waals surface area contributed by atoms with Crippen molar-refractivity contribution in [3.05, 3.63) is 0 Å². The maximum absolute atomic E-state index is 3.45. The largest absolute Gasteiger partial charge is 0.314 e. The second-order valence-electron chi connectivity index (χ2n) is 4.82. The molecule has 2 heteroatoms. The van der Waals surface area contributed by atoms with Gasteiger partial charge in [0.25, 0.3) is 0 Å². The fourth-order valence-electron chi connectivity index (χ4n) is 2.48. The van der Waals surface area contributed by atoms with Crippen LogP contribution in [0.5, 0.6) is 0 Å². The Morgan fingerprint density at radius 2 is 2.23 bits per heavy atom. The third-order valence-corrected chi connectivity index (χ3v) is 3.49. The van der Waals surface area contributed by atoms with Gasteiger partial charge in [0.05, 0.1) is 0 Å². The molecule has 0 amide bonds. The molecule has 0 spiro atoms. The highest BCUT2D eigenvalue weighted by Gasteiger charge is 2.29. The summed E-state index contributed by atoms with van der Waals surface area (Å²) in [7, 11) is 0. The predicted octanol–water partition coefficient (Wildman–Crippen LogP) is 1.47. The van der Waals surface area contributed by atoms with Crippen LogP contribution in [0.3, 0.4) is 0 Å². The van der Waals surface area contributed by atoms with Gasteiger partial charge in [-0.25, -0.2) is 0 Å². The molecule has 2 aliphatic rings. The van der Waals surface area contributed by atoms with E-state index in [2.05, 4.69) is 24.1 Å². The zero-order chi connectivity index (χ0) is 9.26. The van der Waals surface area contributed by atoms with Gasteiger partial charge in [-0.3, -0.25) is 4.90 Å². The van der Waals surface area contributed by atoms with Crippen LogP contribution in [0.1, 0.15) is 33.1 Å². The third-order valence-electron chi connectivity index (χ3n) is 3.49. The fourth-order valence-corrected chi connectivity index (χ4v) is 2.48. The maximum Gasteiger partial charge on any atom is 0.0195 e. The monoisotopic (exact) mass is 182 g/mol. The van der Waals surface area contributed by atoms with Gasteiger partial charge in [-0.1, -0.05) is 12.8 Å². The van der Waals surface area contributed by atoms with Gasteiger partial charge < -0.3 is 5.32 Å². The van der Waals surface area contributed by atoms with Crippen LogP contribution in [0.15, 0.2) is 0 Å². The molecule has 0 bridgehead atoms. The smallest absolute Gasteiger partial charge is 0.0195 e. The summed E-state index contributed by atoms with van der Waals surface area (Å²) in [5.41, 5.74) is 0. The molecule has 2 nitrogen and oxygen atoms in total. The highest BCUT2D eigenvalue weighted by Crippen LogP contribution is 2.34. The number of nitrogens with zero attached hydrogens (tertiary/aromatic N) is 1. The lowest BCUT2D eigenvalue weighted by Gasteiger charge is -2.38. The minimum Gasteiger partial charge on any atom is -0.314 e. The number of hydrogen-bond donors (Lipinski definition) is 1. The van der Waals surface area contributed by atoms with E-state index in [1.165, 1.54) is 38.9 Å². The lowest BCUT2D eigenvalue weighted by molar-refractivity contribution is 0.117. The van der Waals surface area contributed by atoms with Gasteiger partial charge in [-0.15, -0.1) is 0 Å². The molecular weight excluding hydrogens is 160 g/mol. The highest BCUT2D eigenvalue weighted by atomic mass is 15.2. The average Bonchev–Trinajstić information content (AvgIpc) is 2.89. The number of hydrogen-bond acceptors (Lipinski definition) is 2. The maximum atomic E-state index is 3.45. The molecule has 2 atom stereocenters. The summed E-state index contributed by atoms with van der Waals surface area (Å²) in [6.07, 6.45) is 4.42. The van der Waals surface area contributed by atoms with Crippen molar-refractivity contribution < 1.29 is 0 Å². The van der Waals surface area contributed by atoms with Gasteiger partial charge in [0, 0.05) is 31.7 Å². The molecule has 1 aliphatic heterocycles. The van der Waals surface area contributed by atoms with Crippen LogP contribution in [0.2, 0.25) is 0 Å². The van der Waals surface area contributed by atoms with Crippen LogP contribution >= 0.6 is 0 Å². The van der Waals surface area contributed by atoms with Crippen LogP contribution in [-0.2, 0) is 0 Å². The van der Waals surface area contributed by atoms with Crippen molar-refractivity contribution in [1.82, 2.24) is 10.2 Å². The minimum atomic E-state index is 0.738. The van der Waals surface area contributed by atoms with Crippen molar-refractivity contribution in [3.63, 3.8) is 0 Å². The molecule has 2 rings (SSSR count). The van der Waals surface area contributed by atoms with E-state index < -0.39 is 0 Å². The Hall–Kier alpha value is -0.0800. The van der Waals surface area contributed by atoms with Crippen LogP contribution in [0, 0.1) is 5.92 Å². The number of rotatable bonds is 3. The summed E-state index contributed by atoms with van der Waals surface area (Å²) in [6.45, 7) is 8.35. The molecule has 1 unspecified atom stereocenters. The lowest BCUT2D eigenvalue weighted by atomic mass is 10.1. The molecule has 1 heterocycles. The quantitative estimate of drug-likeness (QED) is 0.711. The summed E-state index contributed by atoms with van der Waals surface area (Å²) < 4.78 is 0. The van der Waals surface area contributed by atoms with Gasteiger partial charge in [0.1, 0.15) is 0 Å². The van der Waals surface area contributed by atoms with E-state index in [1.807, 2.05) is 0 Å². The topological polar surface area (TPSA) is 15.3 Å². The highest BCUT2D eigenvalue weighted by molar-refractivity contribution is 4.84. The zero-order valence-corrected chi connectivity index (χ0v) is 8.92. The Labute approximate surface area is 81.7 Å². The summed E-state index contributed by atoms with van der Waals surface area (Å²) in [5, 5.41) is 3.45. The van der Waals surface area contributed by atoms with Crippen molar-refractivity contribution in [1.29, 1.82) is 0 Å². The second-order valence-corrected chi connectivity index (χ2v) is 4.82. The molecule has 1 aliphatic carbocycles. The van der Waals surface area contributed by atoms with E-state index in [0.717, 1.165) is 18.0 Å². The summed E-state index contributed by atoms with van der Waals surface area (Å²) in [4.78, 5) is 2.68. The summed E-state index contributed by atoms with van der Waals surface area (Å²) in [5.74, 6) is 1.07. The third kappa shape index (κ3) is 2.44. The first kappa shape index (κ1) is 9.47. The summed E-state index contributed by atoms with van der Waals surface area (Å²) >= 11 is 0. The Morgan fingerprint density at radius 1 is 1.46 bits per heavy atom. The van der Waals surface area contributed by atoms with Crippen LogP contribution in [-0.4, -0.2) is 36.6 Å². The van der Waals surface area contributed by atoms with E-state index in [-0.39, 0.29) is 0 Å². The van der Waals surface area contributed by atoms with Crippen molar-refractivity contribution in [2.45, 2.75) is 45.2 Å². The van der Waals surface area contributed by atoms with Gasteiger partial charge in [0.2, 0.25) is 0 Å². The molecule has 1 saturated heterocycles. The van der Waals surface area contributed by atoms with Crippen LogP contribution in [0.4, 0.5) is 0 Å². The second kappa shape index (κ2) is 3.97. The van der Waals surface area contributed by atoms with Gasteiger partial charge >= 0.3 is 0 Å². The molecule has 0 aromatic carbocycles. The van der Waals surface area contributed by atoms with E-state index in [0.29, 0.717) is 0 Å². The molecule has 1 saturated carbocycles. The first-order chi connectivity index (χ1) is 6.27. The Balaban J connectivity index is 1.81. The molecule has 0 radical (unpaired) electrons. The Morgan fingerprint density at radius 3 is 2.85 bits per heavy atom. The van der Waals surface area contributed by atoms with E-state index >= 15 is 0 Å². The standard InChI is InChI=1S/C11H22N2/c1-9(7-11-3-4-11)13-6-5-12-8-10(13)2/h9-12H,3-8H2,1-2H3/t9?,10-/m1/s1. The van der Waals surface area contributed by atoms with Gasteiger partial charge in [0.15, 0.2) is 0 Å². The van der Waals surface area contributed by atoms with Crippen molar-refractivity contribution in [2.24, 2.45) is 5.92 Å². The SMILES string of the molecule is CC(CC1CC1)N1CCNC[C@H]1C.